The van der Waals surface area contributed by atoms with E-state index in [2.05, 4.69) is 0 Å². The summed E-state index contributed by atoms with van der Waals surface area (Å²) in [6.07, 6.45) is -3.68. The molecule has 5 heteroatoms. The molecule has 1 aliphatic rings. The van der Waals surface area contributed by atoms with E-state index < -0.39 is 11.7 Å². The molecule has 122 valence electrons. The van der Waals surface area contributed by atoms with Gasteiger partial charge < -0.3 is 9.47 Å². The van der Waals surface area contributed by atoms with Crippen LogP contribution >= 0.6 is 0 Å². The summed E-state index contributed by atoms with van der Waals surface area (Å²) in [4.78, 5) is 0. The van der Waals surface area contributed by atoms with Crippen LogP contribution in [0, 0.1) is 0 Å². The van der Waals surface area contributed by atoms with Gasteiger partial charge >= 0.3 is 6.18 Å². The lowest BCUT2D eigenvalue weighted by atomic mass is 9.92. The van der Waals surface area contributed by atoms with Crippen molar-refractivity contribution >= 4 is 0 Å². The molecule has 0 saturated heterocycles. The molecule has 1 heterocycles. The Hall–Kier alpha value is -2.17. The maximum atomic E-state index is 12.8. The first-order valence-electron chi connectivity index (χ1n) is 7.49. The van der Waals surface area contributed by atoms with Gasteiger partial charge in [0, 0.05) is 0 Å². The number of halogens is 3. The highest BCUT2D eigenvalue weighted by Crippen LogP contribution is 2.34. The van der Waals surface area contributed by atoms with Crippen LogP contribution in [0.15, 0.2) is 42.5 Å². The van der Waals surface area contributed by atoms with Gasteiger partial charge in [0.25, 0.3) is 0 Å². The Morgan fingerprint density at radius 3 is 2.48 bits per heavy atom. The van der Waals surface area contributed by atoms with Gasteiger partial charge in [0.05, 0.1) is 5.56 Å². The molecule has 23 heavy (non-hydrogen) atoms. The number of hydrogen-bond acceptors (Lipinski definition) is 2. The van der Waals surface area contributed by atoms with Crippen molar-refractivity contribution in [2.45, 2.75) is 25.4 Å². The third-order valence-electron chi connectivity index (χ3n) is 3.93. The minimum Gasteiger partial charge on any atom is -0.486 e. The van der Waals surface area contributed by atoms with E-state index in [0.29, 0.717) is 36.7 Å². The lowest BCUT2D eigenvalue weighted by Crippen LogP contribution is -2.15. The van der Waals surface area contributed by atoms with Crippen LogP contribution in [-0.4, -0.2) is 13.2 Å². The molecule has 0 aromatic heterocycles. The SMILES string of the molecule is CC(Cc1ccc2c(c1)OCCO2)c1cccc(C(F)(F)F)c1. The normalized spacial score (nSPS) is 15.3. The van der Waals surface area contributed by atoms with Gasteiger partial charge in [0.2, 0.25) is 0 Å². The molecule has 0 N–H and O–H groups in total. The zero-order valence-corrected chi connectivity index (χ0v) is 12.7. The Kier molecular flexibility index (Phi) is 4.20. The van der Waals surface area contributed by atoms with Crippen LogP contribution in [-0.2, 0) is 12.6 Å². The highest BCUT2D eigenvalue weighted by atomic mass is 19.4. The molecule has 2 aromatic carbocycles. The van der Waals surface area contributed by atoms with E-state index in [1.165, 1.54) is 12.1 Å². The summed E-state index contributed by atoms with van der Waals surface area (Å²) in [5.41, 5.74) is 1.08. The summed E-state index contributed by atoms with van der Waals surface area (Å²) in [5.74, 6) is 1.39. The maximum absolute atomic E-state index is 12.8. The monoisotopic (exact) mass is 322 g/mol. The summed E-state index contributed by atoms with van der Waals surface area (Å²) >= 11 is 0. The second kappa shape index (κ2) is 6.14. The van der Waals surface area contributed by atoms with Crippen LogP contribution in [0.2, 0.25) is 0 Å². The summed E-state index contributed by atoms with van der Waals surface area (Å²) in [7, 11) is 0. The van der Waals surface area contributed by atoms with E-state index in [0.717, 1.165) is 11.6 Å². The molecule has 0 fully saturated rings. The van der Waals surface area contributed by atoms with E-state index in [1.54, 1.807) is 6.07 Å². The highest BCUT2D eigenvalue weighted by molar-refractivity contribution is 5.44. The standard InChI is InChI=1S/C18H17F3O2/c1-12(14-3-2-4-15(11-14)18(19,20)21)9-13-5-6-16-17(10-13)23-8-7-22-16/h2-6,10-12H,7-9H2,1H3. The van der Waals surface area contributed by atoms with Crippen LogP contribution in [0.4, 0.5) is 13.2 Å². The van der Waals surface area contributed by atoms with Gasteiger partial charge in [-0.25, -0.2) is 0 Å². The second-order valence-corrected chi connectivity index (χ2v) is 5.71. The summed E-state index contributed by atoms with van der Waals surface area (Å²) in [5, 5.41) is 0. The van der Waals surface area contributed by atoms with Crippen LogP contribution in [0.5, 0.6) is 11.5 Å². The van der Waals surface area contributed by atoms with E-state index in [9.17, 15) is 13.2 Å². The topological polar surface area (TPSA) is 18.5 Å². The molecule has 1 aliphatic heterocycles. The minimum absolute atomic E-state index is 0.0279. The van der Waals surface area contributed by atoms with Gasteiger partial charge in [-0.2, -0.15) is 13.2 Å². The Balaban J connectivity index is 1.78. The van der Waals surface area contributed by atoms with E-state index in [4.69, 9.17) is 9.47 Å². The van der Waals surface area contributed by atoms with Crippen LogP contribution in [0.1, 0.15) is 29.5 Å². The Morgan fingerprint density at radius 2 is 1.74 bits per heavy atom. The molecule has 0 bridgehead atoms. The zero-order valence-electron chi connectivity index (χ0n) is 12.7. The van der Waals surface area contributed by atoms with Crippen LogP contribution < -0.4 is 9.47 Å². The Labute approximate surface area is 132 Å². The first-order valence-corrected chi connectivity index (χ1v) is 7.49. The van der Waals surface area contributed by atoms with Gasteiger partial charge in [-0.05, 0) is 41.7 Å². The Bertz CT molecular complexity index is 695. The fourth-order valence-corrected chi connectivity index (χ4v) is 2.71. The van der Waals surface area contributed by atoms with Crippen molar-refractivity contribution < 1.29 is 22.6 Å². The smallest absolute Gasteiger partial charge is 0.416 e. The summed E-state index contributed by atoms with van der Waals surface area (Å²) in [6, 6.07) is 11.2. The Morgan fingerprint density at radius 1 is 1.00 bits per heavy atom. The fourth-order valence-electron chi connectivity index (χ4n) is 2.71. The first-order chi connectivity index (χ1) is 10.9. The zero-order chi connectivity index (χ0) is 16.4. The van der Waals surface area contributed by atoms with Gasteiger partial charge in [0.1, 0.15) is 13.2 Å². The molecule has 0 saturated carbocycles. The first kappa shape index (κ1) is 15.7. The van der Waals surface area contributed by atoms with Crippen molar-refractivity contribution in [2.24, 2.45) is 0 Å². The number of rotatable bonds is 3. The number of hydrogen-bond donors (Lipinski definition) is 0. The average Bonchev–Trinajstić information content (AvgIpc) is 2.54. The predicted octanol–water partition coefficient (Wildman–Crippen LogP) is 4.82. The summed E-state index contributed by atoms with van der Waals surface area (Å²) in [6.45, 7) is 2.97. The van der Waals surface area contributed by atoms with Gasteiger partial charge in [-0.1, -0.05) is 31.2 Å². The number of benzene rings is 2. The number of fused-ring (bicyclic) bond motifs is 1. The molecule has 0 aliphatic carbocycles. The number of ether oxygens (including phenoxy) is 2. The van der Waals surface area contributed by atoms with Gasteiger partial charge in [-0.15, -0.1) is 0 Å². The third kappa shape index (κ3) is 3.60. The van der Waals surface area contributed by atoms with E-state index >= 15 is 0 Å². The molecule has 2 nitrogen and oxygen atoms in total. The summed E-state index contributed by atoms with van der Waals surface area (Å²) < 4.78 is 49.5. The second-order valence-electron chi connectivity index (χ2n) is 5.71. The van der Waals surface area contributed by atoms with Crippen LogP contribution in [0.3, 0.4) is 0 Å². The molecule has 0 amide bonds. The molecule has 0 spiro atoms. The largest absolute Gasteiger partial charge is 0.486 e. The quantitative estimate of drug-likeness (QED) is 0.806. The fraction of sp³-hybridized carbons (Fsp3) is 0.333. The molecular weight excluding hydrogens is 305 g/mol. The van der Waals surface area contributed by atoms with Gasteiger partial charge in [-0.3, -0.25) is 0 Å². The van der Waals surface area contributed by atoms with E-state index in [1.807, 2.05) is 25.1 Å². The predicted molar refractivity (Wildman–Crippen MR) is 81.0 cm³/mol. The van der Waals surface area contributed by atoms with E-state index in [-0.39, 0.29) is 5.92 Å². The molecule has 1 atom stereocenters. The number of alkyl halides is 3. The molecule has 0 radical (unpaired) electrons. The van der Waals surface area contributed by atoms with Crippen molar-refractivity contribution in [1.29, 1.82) is 0 Å². The van der Waals surface area contributed by atoms with Crippen LogP contribution in [0.25, 0.3) is 0 Å². The van der Waals surface area contributed by atoms with Crippen molar-refractivity contribution in [1.82, 2.24) is 0 Å². The lowest BCUT2D eigenvalue weighted by Gasteiger charge is -2.20. The highest BCUT2D eigenvalue weighted by Gasteiger charge is 2.30. The van der Waals surface area contributed by atoms with Gasteiger partial charge in [0.15, 0.2) is 11.5 Å². The van der Waals surface area contributed by atoms with Crippen molar-refractivity contribution in [3.63, 3.8) is 0 Å². The molecular formula is C18H17F3O2. The van der Waals surface area contributed by atoms with Crippen molar-refractivity contribution in [2.75, 3.05) is 13.2 Å². The maximum Gasteiger partial charge on any atom is 0.416 e. The molecule has 1 unspecified atom stereocenters. The van der Waals surface area contributed by atoms with Crippen molar-refractivity contribution in [3.05, 3.63) is 59.2 Å². The lowest BCUT2D eigenvalue weighted by molar-refractivity contribution is -0.137. The third-order valence-corrected chi connectivity index (χ3v) is 3.93. The van der Waals surface area contributed by atoms with Crippen molar-refractivity contribution in [3.8, 4) is 11.5 Å². The molecule has 3 rings (SSSR count). The molecule has 2 aromatic rings. The average molecular weight is 322 g/mol. The minimum atomic E-state index is -4.31.